The number of ether oxygens (including phenoxy) is 2. The summed E-state index contributed by atoms with van der Waals surface area (Å²) in [6.45, 7) is 2.81. The van der Waals surface area contributed by atoms with Crippen molar-refractivity contribution in [3.8, 4) is 22.9 Å². The SMILES string of the molecule is COc1ccc(CN(c2cc(C)n(Cc3ccc(OC)cc3)n2)c2nc(N(C)c3c(F)cc(S(C)(=O)=O)cc3F)nc(-c3ccn(C)n3)c2C2CC2)cc1. The van der Waals surface area contributed by atoms with E-state index in [-0.39, 0.29) is 11.9 Å². The Morgan fingerprint density at radius 3 is 2.02 bits per heavy atom. The maximum Gasteiger partial charge on any atom is 0.232 e. The van der Waals surface area contributed by atoms with Crippen LogP contribution in [0.1, 0.15) is 41.1 Å². The first-order valence-corrected chi connectivity index (χ1v) is 19.1. The zero-order valence-corrected chi connectivity index (χ0v) is 31.6. The van der Waals surface area contributed by atoms with Crippen LogP contribution in [0.4, 0.5) is 32.1 Å². The largest absolute Gasteiger partial charge is 0.497 e. The van der Waals surface area contributed by atoms with Crippen LogP contribution in [0, 0.1) is 18.6 Å². The smallest absolute Gasteiger partial charge is 0.232 e. The molecule has 54 heavy (non-hydrogen) atoms. The molecular formula is C39H40F2N8O4S. The fraction of sp³-hybridized carbons (Fsp3) is 0.282. The number of hydrogen-bond acceptors (Lipinski definition) is 10. The number of sulfone groups is 1. The van der Waals surface area contributed by atoms with E-state index in [9.17, 15) is 8.42 Å². The Morgan fingerprint density at radius 2 is 1.48 bits per heavy atom. The van der Waals surface area contributed by atoms with E-state index in [1.807, 2.05) is 77.2 Å². The van der Waals surface area contributed by atoms with Crippen molar-refractivity contribution in [1.82, 2.24) is 29.5 Å². The quantitative estimate of drug-likeness (QED) is 0.121. The highest BCUT2D eigenvalue weighted by atomic mass is 32.2. The third-order valence-corrected chi connectivity index (χ3v) is 10.5. The molecule has 0 radical (unpaired) electrons. The summed E-state index contributed by atoms with van der Waals surface area (Å²) in [6.07, 6.45) is 4.48. The molecule has 280 valence electrons. The summed E-state index contributed by atoms with van der Waals surface area (Å²) in [4.78, 5) is 12.7. The van der Waals surface area contributed by atoms with Crippen molar-refractivity contribution in [2.45, 2.75) is 43.7 Å². The number of methoxy groups -OCH3 is 2. The number of benzene rings is 3. The number of rotatable bonds is 13. The second-order valence-electron chi connectivity index (χ2n) is 13.4. The van der Waals surface area contributed by atoms with Crippen LogP contribution >= 0.6 is 0 Å². The van der Waals surface area contributed by atoms with Gasteiger partial charge in [-0.1, -0.05) is 24.3 Å². The van der Waals surface area contributed by atoms with Gasteiger partial charge in [-0.2, -0.15) is 15.2 Å². The minimum atomic E-state index is -3.88. The second kappa shape index (κ2) is 14.5. The Kier molecular flexibility index (Phi) is 9.83. The van der Waals surface area contributed by atoms with Crippen LogP contribution in [0.25, 0.3) is 11.4 Å². The number of anilines is 4. The lowest BCUT2D eigenvalue weighted by molar-refractivity contribution is 0.414. The molecule has 1 aliphatic rings. The minimum absolute atomic E-state index is 0.0194. The molecule has 0 amide bonds. The molecule has 1 aliphatic carbocycles. The summed E-state index contributed by atoms with van der Waals surface area (Å²) in [5.74, 6) is 0.510. The Labute approximate surface area is 312 Å². The van der Waals surface area contributed by atoms with Gasteiger partial charge in [-0.05, 0) is 79.3 Å². The number of halogens is 2. The summed E-state index contributed by atoms with van der Waals surface area (Å²) in [5.41, 5.74) is 4.30. The van der Waals surface area contributed by atoms with Gasteiger partial charge >= 0.3 is 0 Å². The molecule has 0 spiro atoms. The van der Waals surface area contributed by atoms with Crippen molar-refractivity contribution in [3.05, 3.63) is 113 Å². The molecule has 0 saturated heterocycles. The first-order chi connectivity index (χ1) is 25.8. The molecule has 0 atom stereocenters. The third-order valence-electron chi connectivity index (χ3n) is 9.40. The standard InChI is InChI=1S/C39H40F2N8O4S/c1-24-19-34(45-49(24)23-26-9-15-29(53-5)16-10-26)48(22-25-7-13-28(52-4)14-8-25)38-35(27-11-12-27)36(33-17-18-46(2)44-33)42-39(43-38)47(3)37-31(40)20-30(21-32(37)41)54(6,50)51/h7-10,13-21,27H,11-12,22-23H2,1-6H3. The van der Waals surface area contributed by atoms with E-state index in [0.717, 1.165) is 59.4 Å². The fourth-order valence-corrected chi connectivity index (χ4v) is 6.96. The summed E-state index contributed by atoms with van der Waals surface area (Å²) in [7, 11) is 2.61. The zero-order valence-electron chi connectivity index (χ0n) is 30.8. The summed E-state index contributed by atoms with van der Waals surface area (Å²) in [6, 6.07) is 20.9. The van der Waals surface area contributed by atoms with Gasteiger partial charge in [-0.3, -0.25) is 9.36 Å². The number of hydrogen-bond donors (Lipinski definition) is 0. The molecule has 0 bridgehead atoms. The Bertz CT molecular complexity index is 2410. The van der Waals surface area contributed by atoms with E-state index in [1.54, 1.807) is 32.1 Å². The molecule has 12 nitrogen and oxygen atoms in total. The lowest BCUT2D eigenvalue weighted by Crippen LogP contribution is -2.24. The van der Waals surface area contributed by atoms with Crippen LogP contribution in [-0.2, 0) is 30.0 Å². The van der Waals surface area contributed by atoms with Gasteiger partial charge in [-0.15, -0.1) is 0 Å². The lowest BCUT2D eigenvalue weighted by Gasteiger charge is -2.28. The van der Waals surface area contributed by atoms with Gasteiger partial charge in [0.25, 0.3) is 0 Å². The molecular weight excluding hydrogens is 715 g/mol. The third kappa shape index (κ3) is 7.49. The van der Waals surface area contributed by atoms with Crippen molar-refractivity contribution >= 4 is 33.1 Å². The van der Waals surface area contributed by atoms with Crippen LogP contribution in [0.2, 0.25) is 0 Å². The van der Waals surface area contributed by atoms with E-state index < -0.39 is 32.1 Å². The average molecular weight is 755 g/mol. The van der Waals surface area contributed by atoms with Crippen molar-refractivity contribution in [1.29, 1.82) is 0 Å². The van der Waals surface area contributed by atoms with Gasteiger partial charge in [0.15, 0.2) is 27.3 Å². The zero-order chi connectivity index (χ0) is 38.3. The summed E-state index contributed by atoms with van der Waals surface area (Å²) < 4.78 is 70.1. The maximum absolute atomic E-state index is 15.7. The second-order valence-corrected chi connectivity index (χ2v) is 15.4. The molecule has 6 aromatic rings. The van der Waals surface area contributed by atoms with Gasteiger partial charge in [-0.25, -0.2) is 22.2 Å². The average Bonchev–Trinajstić information content (AvgIpc) is 3.80. The van der Waals surface area contributed by atoms with Gasteiger partial charge in [0.2, 0.25) is 5.95 Å². The highest BCUT2D eigenvalue weighted by Crippen LogP contribution is 2.49. The van der Waals surface area contributed by atoms with Crippen LogP contribution in [-0.4, -0.2) is 65.5 Å². The van der Waals surface area contributed by atoms with E-state index >= 15 is 8.78 Å². The van der Waals surface area contributed by atoms with Crippen molar-refractivity contribution in [2.24, 2.45) is 7.05 Å². The normalized spacial score (nSPS) is 12.9. The molecule has 3 aromatic carbocycles. The molecule has 15 heteroatoms. The van der Waals surface area contributed by atoms with Gasteiger partial charge < -0.3 is 19.3 Å². The van der Waals surface area contributed by atoms with Gasteiger partial charge in [0, 0.05) is 43.9 Å². The molecule has 1 saturated carbocycles. The van der Waals surface area contributed by atoms with Crippen LogP contribution in [0.5, 0.6) is 11.5 Å². The number of aromatic nitrogens is 6. The predicted molar refractivity (Wildman–Crippen MR) is 202 cm³/mol. The van der Waals surface area contributed by atoms with Crippen molar-refractivity contribution in [2.75, 3.05) is 37.3 Å². The predicted octanol–water partition coefficient (Wildman–Crippen LogP) is 7.11. The molecule has 7 rings (SSSR count). The number of nitrogens with zero attached hydrogens (tertiary/aromatic N) is 8. The van der Waals surface area contributed by atoms with Crippen LogP contribution in [0.3, 0.4) is 0 Å². The minimum Gasteiger partial charge on any atom is -0.497 e. The molecule has 1 fully saturated rings. The fourth-order valence-electron chi connectivity index (χ4n) is 6.33. The Hall–Kier alpha value is -5.83. The maximum atomic E-state index is 15.7. The van der Waals surface area contributed by atoms with Crippen molar-refractivity contribution in [3.63, 3.8) is 0 Å². The molecule has 3 aromatic heterocycles. The summed E-state index contributed by atoms with van der Waals surface area (Å²) >= 11 is 0. The van der Waals surface area contributed by atoms with E-state index in [0.29, 0.717) is 41.9 Å². The van der Waals surface area contributed by atoms with E-state index in [2.05, 4.69) is 5.10 Å². The number of aryl methyl sites for hydroxylation is 2. The van der Waals surface area contributed by atoms with Crippen LogP contribution in [0.15, 0.2) is 83.9 Å². The first-order valence-electron chi connectivity index (χ1n) is 17.3. The molecule has 0 N–H and O–H groups in total. The van der Waals surface area contributed by atoms with Crippen LogP contribution < -0.4 is 19.3 Å². The highest BCUT2D eigenvalue weighted by Gasteiger charge is 2.36. The first kappa shape index (κ1) is 36.5. The monoisotopic (exact) mass is 754 g/mol. The lowest BCUT2D eigenvalue weighted by atomic mass is 10.1. The van der Waals surface area contributed by atoms with Crippen molar-refractivity contribution < 1.29 is 26.7 Å². The Balaban J connectivity index is 1.42. The van der Waals surface area contributed by atoms with Gasteiger partial charge in [0.05, 0.1) is 32.2 Å². The topological polar surface area (TPSA) is 120 Å². The van der Waals surface area contributed by atoms with E-state index in [4.69, 9.17) is 24.5 Å². The molecule has 0 aliphatic heterocycles. The Morgan fingerprint density at radius 1 is 0.870 bits per heavy atom. The molecule has 3 heterocycles. The molecule has 0 unspecified atom stereocenters. The van der Waals surface area contributed by atoms with Gasteiger partial charge in [0.1, 0.15) is 34.4 Å². The highest BCUT2D eigenvalue weighted by molar-refractivity contribution is 7.90. The van der Waals surface area contributed by atoms with E-state index in [1.165, 1.54) is 11.9 Å². The summed E-state index contributed by atoms with van der Waals surface area (Å²) in [5, 5.41) is 9.78.